The number of para-hydroxylation sites is 1. The maximum atomic E-state index is 13.0. The largest absolute Gasteiger partial charge is 0.329 e. The van der Waals surface area contributed by atoms with Crippen molar-refractivity contribution in [3.63, 3.8) is 0 Å². The van der Waals surface area contributed by atoms with Crippen LogP contribution in [0.1, 0.15) is 27.4 Å². The second-order valence-electron chi connectivity index (χ2n) is 6.22. The predicted octanol–water partition coefficient (Wildman–Crippen LogP) is 2.63. The summed E-state index contributed by atoms with van der Waals surface area (Å²) in [5.74, 6) is 0.176. The van der Waals surface area contributed by atoms with E-state index in [0.717, 1.165) is 5.69 Å². The van der Waals surface area contributed by atoms with E-state index in [0.29, 0.717) is 25.2 Å². The van der Waals surface area contributed by atoms with Gasteiger partial charge >= 0.3 is 0 Å². The molecule has 2 aromatic carbocycles. The topological polar surface area (TPSA) is 64.2 Å². The molecule has 5 heteroatoms. The van der Waals surface area contributed by atoms with E-state index < -0.39 is 0 Å². The van der Waals surface area contributed by atoms with Crippen LogP contribution in [0.3, 0.4) is 0 Å². The fourth-order valence-corrected chi connectivity index (χ4v) is 3.45. The number of amides is 1. The number of carbonyl (C=O) groups is 1. The molecule has 1 aromatic heterocycles. The highest BCUT2D eigenvalue weighted by atomic mass is 16.2. The number of hydrogen-bond acceptors (Lipinski definition) is 3. The number of carbonyl (C=O) groups excluding carboxylic acids is 1. The summed E-state index contributed by atoms with van der Waals surface area (Å²) in [5.41, 5.74) is 9.55. The van der Waals surface area contributed by atoms with Gasteiger partial charge in [-0.1, -0.05) is 48.5 Å². The highest BCUT2D eigenvalue weighted by Gasteiger charge is 2.33. The van der Waals surface area contributed by atoms with Gasteiger partial charge in [0.15, 0.2) is 0 Å². The molecule has 25 heavy (non-hydrogen) atoms. The van der Waals surface area contributed by atoms with Crippen LogP contribution in [0.5, 0.6) is 0 Å². The fourth-order valence-electron chi connectivity index (χ4n) is 3.45. The molecule has 4 rings (SSSR count). The number of anilines is 1. The van der Waals surface area contributed by atoms with Crippen molar-refractivity contribution in [1.29, 1.82) is 0 Å². The van der Waals surface area contributed by atoms with Crippen molar-refractivity contribution in [3.05, 3.63) is 83.7 Å². The van der Waals surface area contributed by atoms with Gasteiger partial charge in [-0.25, -0.2) is 0 Å². The van der Waals surface area contributed by atoms with E-state index in [9.17, 15) is 4.79 Å². The van der Waals surface area contributed by atoms with E-state index in [-0.39, 0.29) is 11.8 Å². The number of aromatic nitrogens is 2. The summed E-state index contributed by atoms with van der Waals surface area (Å²) in [7, 11) is 0. The van der Waals surface area contributed by atoms with Gasteiger partial charge in [0.05, 0.1) is 18.3 Å². The molecule has 1 atom stereocenters. The van der Waals surface area contributed by atoms with Crippen LogP contribution in [-0.2, 0) is 6.54 Å². The second kappa shape index (κ2) is 6.53. The van der Waals surface area contributed by atoms with Gasteiger partial charge in [0.25, 0.3) is 5.91 Å². The van der Waals surface area contributed by atoms with Crippen LogP contribution in [0.2, 0.25) is 0 Å². The molecule has 126 valence electrons. The average molecular weight is 332 g/mol. The predicted molar refractivity (Wildman–Crippen MR) is 97.7 cm³/mol. The number of rotatable bonds is 4. The lowest BCUT2D eigenvalue weighted by atomic mass is 9.93. The first-order valence-corrected chi connectivity index (χ1v) is 8.46. The Morgan fingerprint density at radius 2 is 1.88 bits per heavy atom. The Labute approximate surface area is 146 Å². The van der Waals surface area contributed by atoms with Crippen LogP contribution in [0, 0.1) is 0 Å². The van der Waals surface area contributed by atoms with Crippen LogP contribution in [-0.4, -0.2) is 28.8 Å². The Hall–Kier alpha value is -2.92. The van der Waals surface area contributed by atoms with E-state index in [1.54, 1.807) is 17.1 Å². The van der Waals surface area contributed by atoms with E-state index in [1.807, 2.05) is 41.3 Å². The summed E-state index contributed by atoms with van der Waals surface area (Å²) < 4.78 is 1.71. The molecule has 1 aliphatic heterocycles. The quantitative estimate of drug-likeness (QED) is 0.799. The van der Waals surface area contributed by atoms with E-state index in [2.05, 4.69) is 23.3 Å². The third kappa shape index (κ3) is 2.83. The van der Waals surface area contributed by atoms with Crippen LogP contribution in [0.15, 0.2) is 67.0 Å². The Kier molecular flexibility index (Phi) is 4.07. The van der Waals surface area contributed by atoms with Crippen molar-refractivity contribution in [3.8, 4) is 0 Å². The maximum absolute atomic E-state index is 13.0. The zero-order valence-corrected chi connectivity index (χ0v) is 13.9. The summed E-state index contributed by atoms with van der Waals surface area (Å²) in [6.45, 7) is 1.75. The van der Waals surface area contributed by atoms with E-state index in [4.69, 9.17) is 5.73 Å². The minimum Gasteiger partial charge on any atom is -0.329 e. The van der Waals surface area contributed by atoms with Gasteiger partial charge in [0, 0.05) is 30.9 Å². The number of benzene rings is 2. The molecule has 1 aliphatic rings. The van der Waals surface area contributed by atoms with Crippen LogP contribution < -0.4 is 10.6 Å². The van der Waals surface area contributed by atoms with Gasteiger partial charge in [-0.2, -0.15) is 5.10 Å². The van der Waals surface area contributed by atoms with E-state index in [1.165, 1.54) is 11.1 Å². The smallest absolute Gasteiger partial charge is 0.261 e. The van der Waals surface area contributed by atoms with Gasteiger partial charge < -0.3 is 10.6 Å². The van der Waals surface area contributed by atoms with Crippen molar-refractivity contribution in [2.45, 2.75) is 12.5 Å². The first-order chi connectivity index (χ1) is 12.3. The van der Waals surface area contributed by atoms with Crippen LogP contribution in [0.4, 0.5) is 5.69 Å². The molecule has 0 bridgehead atoms. The van der Waals surface area contributed by atoms with Gasteiger partial charge in [0.2, 0.25) is 0 Å². The maximum Gasteiger partial charge on any atom is 0.261 e. The van der Waals surface area contributed by atoms with Crippen molar-refractivity contribution in [2.75, 3.05) is 18.0 Å². The molecule has 5 nitrogen and oxygen atoms in total. The molecule has 0 radical (unpaired) electrons. The molecule has 2 N–H and O–H groups in total. The number of nitrogens with zero attached hydrogens (tertiary/aromatic N) is 3. The van der Waals surface area contributed by atoms with Gasteiger partial charge in [0.1, 0.15) is 0 Å². The Bertz CT molecular complexity index is 887. The molecular weight excluding hydrogens is 312 g/mol. The Morgan fingerprint density at radius 3 is 2.68 bits per heavy atom. The third-order valence-corrected chi connectivity index (χ3v) is 4.65. The molecule has 0 saturated heterocycles. The highest BCUT2D eigenvalue weighted by Crippen LogP contribution is 2.40. The summed E-state index contributed by atoms with van der Waals surface area (Å²) in [6, 6.07) is 18.5. The lowest BCUT2D eigenvalue weighted by Crippen LogP contribution is -2.29. The van der Waals surface area contributed by atoms with Crippen molar-refractivity contribution >= 4 is 11.6 Å². The lowest BCUT2D eigenvalue weighted by Gasteiger charge is -2.17. The van der Waals surface area contributed by atoms with Gasteiger partial charge in [-0.15, -0.1) is 0 Å². The molecular formula is C20H20N4O. The lowest BCUT2D eigenvalue weighted by molar-refractivity contribution is 0.0988. The average Bonchev–Trinajstić information content (AvgIpc) is 3.27. The number of hydrogen-bond donors (Lipinski definition) is 1. The first-order valence-electron chi connectivity index (χ1n) is 8.46. The monoisotopic (exact) mass is 332 g/mol. The van der Waals surface area contributed by atoms with E-state index >= 15 is 0 Å². The number of fused-ring (bicyclic) bond motifs is 1. The summed E-state index contributed by atoms with van der Waals surface area (Å²) in [5, 5.41) is 4.22. The zero-order valence-electron chi connectivity index (χ0n) is 13.9. The summed E-state index contributed by atoms with van der Waals surface area (Å²) >= 11 is 0. The third-order valence-electron chi connectivity index (χ3n) is 4.65. The van der Waals surface area contributed by atoms with Gasteiger partial charge in [-0.05, 0) is 17.2 Å². The molecule has 1 unspecified atom stereocenters. The minimum atomic E-state index is -0.0193. The molecule has 0 fully saturated rings. The van der Waals surface area contributed by atoms with Crippen molar-refractivity contribution in [2.24, 2.45) is 5.73 Å². The Balaban J connectivity index is 1.67. The van der Waals surface area contributed by atoms with Crippen molar-refractivity contribution < 1.29 is 4.79 Å². The normalized spacial score (nSPS) is 16.0. The van der Waals surface area contributed by atoms with Gasteiger partial charge in [-0.3, -0.25) is 9.48 Å². The van der Waals surface area contributed by atoms with Crippen molar-refractivity contribution in [1.82, 2.24) is 9.78 Å². The standard InChI is InChI=1S/C20H20N4O/c21-10-11-23-13-16(12-22-23)20(25)24-14-18(15-6-2-1-3-7-15)17-8-4-5-9-19(17)24/h1-9,12-13,18H,10-11,14,21H2. The molecule has 3 aromatic rings. The molecule has 0 saturated carbocycles. The second-order valence-corrected chi connectivity index (χ2v) is 6.22. The Morgan fingerprint density at radius 1 is 1.12 bits per heavy atom. The van der Waals surface area contributed by atoms with Crippen LogP contribution >= 0.6 is 0 Å². The van der Waals surface area contributed by atoms with Crippen LogP contribution in [0.25, 0.3) is 0 Å². The molecule has 0 spiro atoms. The molecule has 2 heterocycles. The number of nitrogens with two attached hydrogens (primary N) is 1. The first kappa shape index (κ1) is 15.6. The minimum absolute atomic E-state index is 0.0193. The SMILES string of the molecule is NCCn1cc(C(=O)N2CC(c3ccccc3)c3ccccc32)cn1. The highest BCUT2D eigenvalue weighted by molar-refractivity contribution is 6.07. The zero-order chi connectivity index (χ0) is 17.2. The molecule has 1 amide bonds. The summed E-state index contributed by atoms with van der Waals surface area (Å²) in [4.78, 5) is 14.9. The molecule has 0 aliphatic carbocycles. The fraction of sp³-hybridized carbons (Fsp3) is 0.200. The summed E-state index contributed by atoms with van der Waals surface area (Å²) in [6.07, 6.45) is 3.39.